The van der Waals surface area contributed by atoms with E-state index < -0.39 is 0 Å². The fourth-order valence-electron chi connectivity index (χ4n) is 1.96. The van der Waals surface area contributed by atoms with Crippen LogP contribution in [0.5, 0.6) is 0 Å². The zero-order chi connectivity index (χ0) is 11.4. The van der Waals surface area contributed by atoms with Crippen LogP contribution < -0.4 is 5.32 Å². The summed E-state index contributed by atoms with van der Waals surface area (Å²) in [7, 11) is 0. The third kappa shape index (κ3) is 2.58. The standard InChI is InChI=1S/C12H17N3O/c1-10-9-15(7-3-6-14-10)12(16)11-4-2-5-13-8-11/h2,4-5,8,10,14H,3,6-7,9H2,1H3. The van der Waals surface area contributed by atoms with Gasteiger partial charge in [0.25, 0.3) is 5.91 Å². The first-order valence-corrected chi connectivity index (χ1v) is 5.70. The van der Waals surface area contributed by atoms with Gasteiger partial charge in [0.05, 0.1) is 5.56 Å². The molecule has 0 radical (unpaired) electrons. The molecule has 86 valence electrons. The Bertz CT molecular complexity index is 353. The van der Waals surface area contributed by atoms with Crippen LogP contribution in [0.4, 0.5) is 0 Å². The van der Waals surface area contributed by atoms with E-state index in [2.05, 4.69) is 17.2 Å². The van der Waals surface area contributed by atoms with Crippen LogP contribution in [0.2, 0.25) is 0 Å². The molecule has 1 aromatic rings. The fourth-order valence-corrected chi connectivity index (χ4v) is 1.96. The topological polar surface area (TPSA) is 45.2 Å². The Morgan fingerprint density at radius 1 is 1.62 bits per heavy atom. The zero-order valence-corrected chi connectivity index (χ0v) is 9.52. The fraction of sp³-hybridized carbons (Fsp3) is 0.500. The number of nitrogens with one attached hydrogen (secondary N) is 1. The van der Waals surface area contributed by atoms with Crippen molar-refractivity contribution in [3.8, 4) is 0 Å². The molecule has 1 aliphatic rings. The molecule has 1 aromatic heterocycles. The summed E-state index contributed by atoms with van der Waals surface area (Å²) in [6.45, 7) is 4.69. The second-order valence-electron chi connectivity index (χ2n) is 4.20. The third-order valence-corrected chi connectivity index (χ3v) is 2.79. The lowest BCUT2D eigenvalue weighted by atomic mass is 10.2. The summed E-state index contributed by atoms with van der Waals surface area (Å²) in [4.78, 5) is 18.0. The van der Waals surface area contributed by atoms with Crippen molar-refractivity contribution in [1.82, 2.24) is 15.2 Å². The number of pyridine rings is 1. The van der Waals surface area contributed by atoms with Gasteiger partial charge in [-0.25, -0.2) is 0 Å². The molecular weight excluding hydrogens is 202 g/mol. The highest BCUT2D eigenvalue weighted by molar-refractivity contribution is 5.93. The van der Waals surface area contributed by atoms with Gasteiger partial charge >= 0.3 is 0 Å². The average molecular weight is 219 g/mol. The van der Waals surface area contributed by atoms with E-state index in [0.717, 1.165) is 26.1 Å². The number of hydrogen-bond acceptors (Lipinski definition) is 3. The number of carbonyl (C=O) groups is 1. The smallest absolute Gasteiger partial charge is 0.255 e. The average Bonchev–Trinajstić information content (AvgIpc) is 2.54. The molecule has 0 spiro atoms. The van der Waals surface area contributed by atoms with Gasteiger partial charge in [-0.05, 0) is 32.0 Å². The van der Waals surface area contributed by atoms with Gasteiger partial charge in [-0.1, -0.05) is 0 Å². The first kappa shape index (κ1) is 11.1. The van der Waals surface area contributed by atoms with Gasteiger partial charge in [0.1, 0.15) is 0 Å². The zero-order valence-electron chi connectivity index (χ0n) is 9.52. The largest absolute Gasteiger partial charge is 0.337 e. The van der Waals surface area contributed by atoms with E-state index in [1.165, 1.54) is 0 Å². The summed E-state index contributed by atoms with van der Waals surface area (Å²) in [6.07, 6.45) is 4.32. The van der Waals surface area contributed by atoms with Crippen molar-refractivity contribution in [2.75, 3.05) is 19.6 Å². The molecule has 1 unspecified atom stereocenters. The van der Waals surface area contributed by atoms with Gasteiger partial charge in [-0.2, -0.15) is 0 Å². The van der Waals surface area contributed by atoms with Crippen LogP contribution in [-0.4, -0.2) is 41.5 Å². The van der Waals surface area contributed by atoms with E-state index in [1.807, 2.05) is 11.0 Å². The van der Waals surface area contributed by atoms with Crippen molar-refractivity contribution in [2.24, 2.45) is 0 Å². The van der Waals surface area contributed by atoms with Gasteiger partial charge in [0.15, 0.2) is 0 Å². The highest BCUT2D eigenvalue weighted by Crippen LogP contribution is 2.07. The first-order chi connectivity index (χ1) is 7.77. The molecule has 0 aromatic carbocycles. The first-order valence-electron chi connectivity index (χ1n) is 5.70. The van der Waals surface area contributed by atoms with Crippen LogP contribution in [0, 0.1) is 0 Å². The molecule has 4 heteroatoms. The number of nitrogens with zero attached hydrogens (tertiary/aromatic N) is 2. The van der Waals surface area contributed by atoms with E-state index in [0.29, 0.717) is 11.6 Å². The molecule has 0 aliphatic carbocycles. The maximum atomic E-state index is 12.2. The SMILES string of the molecule is CC1CN(C(=O)c2cccnc2)CCCN1. The molecule has 1 amide bonds. The Kier molecular flexibility index (Phi) is 3.51. The Hall–Kier alpha value is -1.42. The molecule has 1 atom stereocenters. The summed E-state index contributed by atoms with van der Waals surface area (Å²) in [5.41, 5.74) is 0.677. The molecule has 1 saturated heterocycles. The van der Waals surface area contributed by atoms with Crippen LogP contribution in [0.25, 0.3) is 0 Å². The Labute approximate surface area is 95.7 Å². The number of aromatic nitrogens is 1. The van der Waals surface area contributed by atoms with Gasteiger partial charge < -0.3 is 10.2 Å². The Balaban J connectivity index is 2.09. The third-order valence-electron chi connectivity index (χ3n) is 2.79. The van der Waals surface area contributed by atoms with Gasteiger partial charge in [-0.3, -0.25) is 9.78 Å². The highest BCUT2D eigenvalue weighted by Gasteiger charge is 2.20. The van der Waals surface area contributed by atoms with E-state index in [4.69, 9.17) is 0 Å². The molecule has 4 nitrogen and oxygen atoms in total. The van der Waals surface area contributed by atoms with E-state index in [-0.39, 0.29) is 5.91 Å². The van der Waals surface area contributed by atoms with Crippen molar-refractivity contribution in [3.05, 3.63) is 30.1 Å². The Morgan fingerprint density at radius 2 is 2.50 bits per heavy atom. The maximum Gasteiger partial charge on any atom is 0.255 e. The maximum absolute atomic E-state index is 12.2. The lowest BCUT2D eigenvalue weighted by molar-refractivity contribution is 0.0755. The minimum atomic E-state index is 0.0867. The number of amides is 1. The van der Waals surface area contributed by atoms with E-state index >= 15 is 0 Å². The predicted octanol–water partition coefficient (Wildman–Crippen LogP) is 0.906. The molecular formula is C12H17N3O. The molecule has 0 saturated carbocycles. The summed E-state index contributed by atoms with van der Waals surface area (Å²) in [5, 5.41) is 3.37. The van der Waals surface area contributed by atoms with Crippen LogP contribution in [0.1, 0.15) is 23.7 Å². The highest BCUT2D eigenvalue weighted by atomic mass is 16.2. The van der Waals surface area contributed by atoms with Gasteiger partial charge in [-0.15, -0.1) is 0 Å². The van der Waals surface area contributed by atoms with Gasteiger partial charge in [0, 0.05) is 31.5 Å². The van der Waals surface area contributed by atoms with Crippen LogP contribution in [0.15, 0.2) is 24.5 Å². The summed E-state index contributed by atoms with van der Waals surface area (Å²) >= 11 is 0. The predicted molar refractivity (Wildman–Crippen MR) is 62.2 cm³/mol. The van der Waals surface area contributed by atoms with Gasteiger partial charge in [0.2, 0.25) is 0 Å². The van der Waals surface area contributed by atoms with Crippen molar-refractivity contribution < 1.29 is 4.79 Å². The van der Waals surface area contributed by atoms with Crippen molar-refractivity contribution in [3.63, 3.8) is 0 Å². The van der Waals surface area contributed by atoms with Crippen LogP contribution in [-0.2, 0) is 0 Å². The van der Waals surface area contributed by atoms with Crippen LogP contribution >= 0.6 is 0 Å². The normalized spacial score (nSPS) is 21.6. The van der Waals surface area contributed by atoms with E-state index in [1.54, 1.807) is 18.5 Å². The number of rotatable bonds is 1. The van der Waals surface area contributed by atoms with E-state index in [9.17, 15) is 4.79 Å². The molecule has 1 aliphatic heterocycles. The van der Waals surface area contributed by atoms with Crippen molar-refractivity contribution >= 4 is 5.91 Å². The number of carbonyl (C=O) groups excluding carboxylic acids is 1. The lowest BCUT2D eigenvalue weighted by Gasteiger charge is -2.22. The summed E-state index contributed by atoms with van der Waals surface area (Å²) in [5.74, 6) is 0.0867. The lowest BCUT2D eigenvalue weighted by Crippen LogP contribution is -2.38. The summed E-state index contributed by atoms with van der Waals surface area (Å²) < 4.78 is 0. The monoisotopic (exact) mass is 219 g/mol. The Morgan fingerprint density at radius 3 is 3.25 bits per heavy atom. The van der Waals surface area contributed by atoms with Crippen molar-refractivity contribution in [2.45, 2.75) is 19.4 Å². The molecule has 1 fully saturated rings. The molecule has 16 heavy (non-hydrogen) atoms. The van der Waals surface area contributed by atoms with Crippen LogP contribution in [0.3, 0.4) is 0 Å². The molecule has 1 N–H and O–H groups in total. The molecule has 2 heterocycles. The summed E-state index contributed by atoms with van der Waals surface area (Å²) in [6, 6.07) is 3.98. The molecule has 2 rings (SSSR count). The van der Waals surface area contributed by atoms with Crippen molar-refractivity contribution in [1.29, 1.82) is 0 Å². The second-order valence-corrected chi connectivity index (χ2v) is 4.20. The number of hydrogen-bond donors (Lipinski definition) is 1. The minimum absolute atomic E-state index is 0.0867. The second kappa shape index (κ2) is 5.07. The molecule has 0 bridgehead atoms. The quantitative estimate of drug-likeness (QED) is 0.763. The minimum Gasteiger partial charge on any atom is -0.337 e.